The highest BCUT2D eigenvalue weighted by Gasteiger charge is 2.23. The van der Waals surface area contributed by atoms with E-state index in [9.17, 15) is 0 Å². The number of nitrogens with two attached hydrogens (primary N) is 2. The number of hydrogen-bond acceptors (Lipinski definition) is 2. The molecule has 16 heavy (non-hydrogen) atoms. The average molecular weight is 261 g/mol. The van der Waals surface area contributed by atoms with Gasteiger partial charge in [-0.25, -0.2) is 0 Å². The van der Waals surface area contributed by atoms with Gasteiger partial charge in [0.25, 0.3) is 0 Å². The van der Waals surface area contributed by atoms with Crippen molar-refractivity contribution in [3.05, 3.63) is 33.8 Å². The summed E-state index contributed by atoms with van der Waals surface area (Å²) in [5, 5.41) is 1.23. The Hall–Kier alpha value is -0.280. The van der Waals surface area contributed by atoms with Crippen LogP contribution in [0.25, 0.3) is 0 Å². The molecule has 1 aromatic rings. The summed E-state index contributed by atoms with van der Waals surface area (Å²) < 4.78 is 0. The molecule has 0 saturated heterocycles. The van der Waals surface area contributed by atoms with Gasteiger partial charge in [0.1, 0.15) is 0 Å². The number of rotatable bonds is 4. The molecular formula is C12H18Cl2N2. The summed E-state index contributed by atoms with van der Waals surface area (Å²) >= 11 is 12.0. The van der Waals surface area contributed by atoms with Crippen LogP contribution in [0.4, 0.5) is 0 Å². The standard InChI is InChI=1S/C12H18Cl2N2/c1-7(2)10(6-15)12(16)9-4-3-8(13)5-11(9)14/h3-5,7,10,12H,6,15-16H2,1-2H3. The highest BCUT2D eigenvalue weighted by atomic mass is 35.5. The first kappa shape index (κ1) is 13.8. The van der Waals surface area contributed by atoms with Crippen molar-refractivity contribution >= 4 is 23.2 Å². The van der Waals surface area contributed by atoms with Crippen LogP contribution in [0.15, 0.2) is 18.2 Å². The smallest absolute Gasteiger partial charge is 0.0468 e. The van der Waals surface area contributed by atoms with Crippen LogP contribution in [-0.2, 0) is 0 Å². The quantitative estimate of drug-likeness (QED) is 0.874. The first-order chi connectivity index (χ1) is 7.47. The fraction of sp³-hybridized carbons (Fsp3) is 0.500. The second kappa shape index (κ2) is 5.87. The van der Waals surface area contributed by atoms with Crippen molar-refractivity contribution in [3.63, 3.8) is 0 Å². The second-order valence-corrected chi connectivity index (χ2v) is 5.18. The molecule has 0 aliphatic carbocycles. The van der Waals surface area contributed by atoms with Gasteiger partial charge in [-0.3, -0.25) is 0 Å². The number of hydrogen-bond donors (Lipinski definition) is 2. The molecule has 0 aliphatic heterocycles. The van der Waals surface area contributed by atoms with Gasteiger partial charge in [-0.2, -0.15) is 0 Å². The van der Waals surface area contributed by atoms with E-state index in [1.807, 2.05) is 6.07 Å². The molecule has 0 amide bonds. The van der Waals surface area contributed by atoms with E-state index in [0.717, 1.165) is 5.56 Å². The molecule has 0 aromatic heterocycles. The van der Waals surface area contributed by atoms with E-state index in [4.69, 9.17) is 34.7 Å². The third-order valence-electron chi connectivity index (χ3n) is 2.91. The van der Waals surface area contributed by atoms with Gasteiger partial charge in [-0.05, 0) is 36.1 Å². The van der Waals surface area contributed by atoms with E-state index in [-0.39, 0.29) is 12.0 Å². The summed E-state index contributed by atoms with van der Waals surface area (Å²) in [6.45, 7) is 4.78. The molecule has 0 saturated carbocycles. The van der Waals surface area contributed by atoms with Crippen LogP contribution in [0.5, 0.6) is 0 Å². The van der Waals surface area contributed by atoms with Crippen LogP contribution in [0.3, 0.4) is 0 Å². The minimum absolute atomic E-state index is 0.144. The lowest BCUT2D eigenvalue weighted by atomic mass is 9.85. The van der Waals surface area contributed by atoms with Crippen LogP contribution in [0, 0.1) is 11.8 Å². The van der Waals surface area contributed by atoms with Crippen molar-refractivity contribution in [3.8, 4) is 0 Å². The third kappa shape index (κ3) is 3.11. The number of halogens is 2. The summed E-state index contributed by atoms with van der Waals surface area (Å²) in [5.41, 5.74) is 12.8. The SMILES string of the molecule is CC(C)C(CN)C(N)c1ccc(Cl)cc1Cl. The van der Waals surface area contributed by atoms with Gasteiger partial charge in [0.05, 0.1) is 0 Å². The largest absolute Gasteiger partial charge is 0.330 e. The van der Waals surface area contributed by atoms with Crippen LogP contribution >= 0.6 is 23.2 Å². The van der Waals surface area contributed by atoms with E-state index < -0.39 is 0 Å². The highest BCUT2D eigenvalue weighted by molar-refractivity contribution is 6.35. The molecule has 90 valence electrons. The zero-order chi connectivity index (χ0) is 12.3. The molecule has 0 spiro atoms. The molecule has 4 N–H and O–H groups in total. The molecule has 2 nitrogen and oxygen atoms in total. The minimum Gasteiger partial charge on any atom is -0.330 e. The van der Waals surface area contributed by atoms with Gasteiger partial charge in [0.2, 0.25) is 0 Å². The molecule has 0 fully saturated rings. The Morgan fingerprint density at radius 2 is 1.88 bits per heavy atom. The fourth-order valence-corrected chi connectivity index (χ4v) is 2.37. The minimum atomic E-state index is -0.144. The van der Waals surface area contributed by atoms with E-state index in [2.05, 4.69) is 13.8 Å². The Morgan fingerprint density at radius 3 is 2.31 bits per heavy atom. The molecule has 0 aliphatic rings. The molecule has 4 heteroatoms. The van der Waals surface area contributed by atoms with Crippen LogP contribution in [-0.4, -0.2) is 6.54 Å². The van der Waals surface area contributed by atoms with Crippen molar-refractivity contribution in [1.29, 1.82) is 0 Å². The van der Waals surface area contributed by atoms with Crippen LogP contribution in [0.1, 0.15) is 25.5 Å². The lowest BCUT2D eigenvalue weighted by molar-refractivity contribution is 0.331. The van der Waals surface area contributed by atoms with Gasteiger partial charge < -0.3 is 11.5 Å². The Kier molecular flexibility index (Phi) is 5.06. The van der Waals surface area contributed by atoms with Gasteiger partial charge >= 0.3 is 0 Å². The van der Waals surface area contributed by atoms with Gasteiger partial charge in [-0.15, -0.1) is 0 Å². The molecule has 2 atom stereocenters. The third-order valence-corrected chi connectivity index (χ3v) is 3.47. The maximum atomic E-state index is 6.19. The monoisotopic (exact) mass is 260 g/mol. The topological polar surface area (TPSA) is 52.0 Å². The molecule has 0 radical (unpaired) electrons. The predicted molar refractivity (Wildman–Crippen MR) is 70.8 cm³/mol. The first-order valence-corrected chi connectivity index (χ1v) is 6.13. The molecule has 0 heterocycles. The van der Waals surface area contributed by atoms with Crippen molar-refractivity contribution in [2.75, 3.05) is 6.54 Å². The maximum Gasteiger partial charge on any atom is 0.0468 e. The Morgan fingerprint density at radius 1 is 1.25 bits per heavy atom. The Balaban J connectivity index is 2.99. The van der Waals surface area contributed by atoms with E-state index in [1.54, 1.807) is 12.1 Å². The van der Waals surface area contributed by atoms with Crippen molar-refractivity contribution in [2.45, 2.75) is 19.9 Å². The van der Waals surface area contributed by atoms with E-state index in [0.29, 0.717) is 22.5 Å². The van der Waals surface area contributed by atoms with Gasteiger partial charge in [0.15, 0.2) is 0 Å². The van der Waals surface area contributed by atoms with Gasteiger partial charge in [0, 0.05) is 16.1 Å². The average Bonchev–Trinajstić information content (AvgIpc) is 2.17. The molecule has 2 unspecified atom stereocenters. The van der Waals surface area contributed by atoms with Crippen molar-refractivity contribution in [1.82, 2.24) is 0 Å². The number of benzene rings is 1. The second-order valence-electron chi connectivity index (χ2n) is 4.34. The maximum absolute atomic E-state index is 6.19. The Bertz CT molecular complexity index is 353. The summed E-state index contributed by atoms with van der Waals surface area (Å²) in [6.07, 6.45) is 0. The molecule has 1 aromatic carbocycles. The normalized spacial score (nSPS) is 15.2. The fourth-order valence-electron chi connectivity index (χ4n) is 1.84. The van der Waals surface area contributed by atoms with Crippen LogP contribution in [0.2, 0.25) is 10.0 Å². The lowest BCUT2D eigenvalue weighted by Crippen LogP contribution is -2.32. The highest BCUT2D eigenvalue weighted by Crippen LogP contribution is 2.31. The molecule has 0 bridgehead atoms. The zero-order valence-electron chi connectivity index (χ0n) is 9.58. The lowest BCUT2D eigenvalue weighted by Gasteiger charge is -2.27. The van der Waals surface area contributed by atoms with E-state index >= 15 is 0 Å². The summed E-state index contributed by atoms with van der Waals surface area (Å²) in [7, 11) is 0. The summed E-state index contributed by atoms with van der Waals surface area (Å²) in [6, 6.07) is 5.25. The summed E-state index contributed by atoms with van der Waals surface area (Å²) in [4.78, 5) is 0. The molecule has 1 rings (SSSR count). The first-order valence-electron chi connectivity index (χ1n) is 5.38. The molecular weight excluding hydrogens is 243 g/mol. The van der Waals surface area contributed by atoms with E-state index in [1.165, 1.54) is 0 Å². The van der Waals surface area contributed by atoms with Crippen molar-refractivity contribution < 1.29 is 0 Å². The van der Waals surface area contributed by atoms with Gasteiger partial charge in [-0.1, -0.05) is 43.1 Å². The Labute approximate surface area is 107 Å². The van der Waals surface area contributed by atoms with Crippen LogP contribution < -0.4 is 11.5 Å². The summed E-state index contributed by atoms with van der Waals surface area (Å²) in [5.74, 6) is 0.644. The predicted octanol–water partition coefficient (Wildman–Crippen LogP) is 3.22. The zero-order valence-corrected chi connectivity index (χ0v) is 11.1. The van der Waals surface area contributed by atoms with Crippen molar-refractivity contribution in [2.24, 2.45) is 23.3 Å².